The lowest BCUT2D eigenvalue weighted by molar-refractivity contribution is 0.403. The zero-order chi connectivity index (χ0) is 14.7. The SMILES string of the molecule is Cc1ccc2oc(NCCCN(C)C)c(O)c(=O)c2c1. The third-order valence-electron chi connectivity index (χ3n) is 3.09. The maximum absolute atomic E-state index is 12.1. The second-order valence-electron chi connectivity index (χ2n) is 5.19. The molecule has 2 rings (SSSR count). The van der Waals surface area contributed by atoms with Gasteiger partial charge in [-0.25, -0.2) is 0 Å². The van der Waals surface area contributed by atoms with Crippen molar-refractivity contribution in [2.45, 2.75) is 13.3 Å². The highest BCUT2D eigenvalue weighted by Crippen LogP contribution is 2.24. The largest absolute Gasteiger partial charge is 0.500 e. The number of fused-ring (bicyclic) bond motifs is 1. The Hall–Kier alpha value is -2.01. The Kier molecular flexibility index (Phi) is 4.29. The van der Waals surface area contributed by atoms with E-state index in [-0.39, 0.29) is 11.6 Å². The van der Waals surface area contributed by atoms with Crippen LogP contribution in [0.4, 0.5) is 5.88 Å². The van der Waals surface area contributed by atoms with Gasteiger partial charge < -0.3 is 19.7 Å². The van der Waals surface area contributed by atoms with Crippen LogP contribution in [0.5, 0.6) is 5.75 Å². The van der Waals surface area contributed by atoms with Crippen LogP contribution in [-0.4, -0.2) is 37.2 Å². The summed E-state index contributed by atoms with van der Waals surface area (Å²) in [6.45, 7) is 3.44. The summed E-state index contributed by atoms with van der Waals surface area (Å²) in [4.78, 5) is 14.2. The number of hydrogen-bond donors (Lipinski definition) is 2. The monoisotopic (exact) mass is 276 g/mol. The molecule has 0 aliphatic carbocycles. The minimum absolute atomic E-state index is 0.144. The highest BCUT2D eigenvalue weighted by atomic mass is 16.4. The molecule has 0 atom stereocenters. The number of rotatable bonds is 5. The van der Waals surface area contributed by atoms with Gasteiger partial charge in [0.1, 0.15) is 5.58 Å². The van der Waals surface area contributed by atoms with Crippen LogP contribution < -0.4 is 10.7 Å². The normalized spacial score (nSPS) is 11.2. The molecular formula is C15H20N2O3. The summed E-state index contributed by atoms with van der Waals surface area (Å²) in [7, 11) is 3.99. The fourth-order valence-corrected chi connectivity index (χ4v) is 2.02. The number of nitrogens with one attached hydrogen (secondary N) is 1. The highest BCUT2D eigenvalue weighted by molar-refractivity contribution is 5.80. The van der Waals surface area contributed by atoms with E-state index in [1.165, 1.54) is 0 Å². The van der Waals surface area contributed by atoms with E-state index in [1.54, 1.807) is 12.1 Å². The lowest BCUT2D eigenvalue weighted by Crippen LogP contribution is -2.17. The smallest absolute Gasteiger partial charge is 0.240 e. The Morgan fingerprint density at radius 3 is 2.80 bits per heavy atom. The summed E-state index contributed by atoms with van der Waals surface area (Å²) in [6, 6.07) is 5.34. The van der Waals surface area contributed by atoms with Crippen molar-refractivity contribution in [1.29, 1.82) is 0 Å². The first kappa shape index (κ1) is 14.4. The number of benzene rings is 1. The van der Waals surface area contributed by atoms with Crippen molar-refractivity contribution in [3.63, 3.8) is 0 Å². The molecule has 20 heavy (non-hydrogen) atoms. The molecule has 1 aromatic heterocycles. The molecule has 108 valence electrons. The molecule has 0 aliphatic rings. The van der Waals surface area contributed by atoms with E-state index in [9.17, 15) is 9.90 Å². The molecule has 5 heteroatoms. The number of aryl methyl sites for hydroxylation is 1. The zero-order valence-corrected chi connectivity index (χ0v) is 12.1. The molecule has 0 bridgehead atoms. The molecule has 2 N–H and O–H groups in total. The summed E-state index contributed by atoms with van der Waals surface area (Å²) >= 11 is 0. The van der Waals surface area contributed by atoms with E-state index in [4.69, 9.17) is 4.42 Å². The third-order valence-corrected chi connectivity index (χ3v) is 3.09. The molecule has 0 aliphatic heterocycles. The quantitative estimate of drug-likeness (QED) is 0.819. The molecule has 5 nitrogen and oxygen atoms in total. The van der Waals surface area contributed by atoms with Crippen LogP contribution >= 0.6 is 0 Å². The highest BCUT2D eigenvalue weighted by Gasteiger charge is 2.13. The first-order valence-corrected chi connectivity index (χ1v) is 6.64. The maximum Gasteiger partial charge on any atom is 0.240 e. The summed E-state index contributed by atoms with van der Waals surface area (Å²) in [6.07, 6.45) is 0.891. The minimum atomic E-state index is -0.398. The van der Waals surface area contributed by atoms with Crippen molar-refractivity contribution in [3.05, 3.63) is 34.0 Å². The van der Waals surface area contributed by atoms with Crippen LogP contribution in [0.2, 0.25) is 0 Å². The van der Waals surface area contributed by atoms with Gasteiger partial charge in [-0.1, -0.05) is 11.6 Å². The van der Waals surface area contributed by atoms with Crippen molar-refractivity contribution >= 4 is 16.9 Å². The van der Waals surface area contributed by atoms with Crippen LogP contribution in [0.1, 0.15) is 12.0 Å². The average molecular weight is 276 g/mol. The molecule has 1 heterocycles. The summed E-state index contributed by atoms with van der Waals surface area (Å²) in [5.74, 6) is -0.210. The first-order valence-electron chi connectivity index (χ1n) is 6.64. The number of anilines is 1. The minimum Gasteiger partial charge on any atom is -0.500 e. The lowest BCUT2D eigenvalue weighted by Gasteiger charge is -2.11. The van der Waals surface area contributed by atoms with Crippen molar-refractivity contribution in [2.24, 2.45) is 0 Å². The van der Waals surface area contributed by atoms with Gasteiger partial charge in [0.15, 0.2) is 0 Å². The Bertz CT molecular complexity index is 662. The molecular weight excluding hydrogens is 256 g/mol. The fraction of sp³-hybridized carbons (Fsp3) is 0.400. The van der Waals surface area contributed by atoms with Gasteiger partial charge in [-0.2, -0.15) is 0 Å². The van der Waals surface area contributed by atoms with Crippen LogP contribution in [-0.2, 0) is 0 Å². The Morgan fingerprint density at radius 1 is 1.35 bits per heavy atom. The van der Waals surface area contributed by atoms with E-state index in [0.29, 0.717) is 17.5 Å². The molecule has 0 fully saturated rings. The predicted molar refractivity (Wildman–Crippen MR) is 80.5 cm³/mol. The average Bonchev–Trinajstić information content (AvgIpc) is 2.40. The third kappa shape index (κ3) is 3.11. The Balaban J connectivity index is 2.24. The van der Waals surface area contributed by atoms with Crippen LogP contribution in [0.15, 0.2) is 27.4 Å². The van der Waals surface area contributed by atoms with Crippen LogP contribution in [0.25, 0.3) is 11.0 Å². The number of nitrogens with zero attached hydrogens (tertiary/aromatic N) is 1. The van der Waals surface area contributed by atoms with Crippen molar-refractivity contribution in [2.75, 3.05) is 32.5 Å². The van der Waals surface area contributed by atoms with E-state index in [2.05, 4.69) is 10.2 Å². The van der Waals surface area contributed by atoms with Crippen molar-refractivity contribution < 1.29 is 9.52 Å². The van der Waals surface area contributed by atoms with E-state index < -0.39 is 5.43 Å². The van der Waals surface area contributed by atoms with Gasteiger partial charge in [-0.3, -0.25) is 4.79 Å². The van der Waals surface area contributed by atoms with Gasteiger partial charge in [0, 0.05) is 6.54 Å². The van der Waals surface area contributed by atoms with Gasteiger partial charge in [-0.15, -0.1) is 0 Å². The molecule has 0 unspecified atom stereocenters. The second kappa shape index (κ2) is 5.96. The predicted octanol–water partition coefficient (Wildman–Crippen LogP) is 2.17. The summed E-state index contributed by atoms with van der Waals surface area (Å²) in [5, 5.41) is 13.3. The van der Waals surface area contributed by atoms with Crippen LogP contribution in [0, 0.1) is 6.92 Å². The molecule has 1 aromatic carbocycles. The van der Waals surface area contributed by atoms with E-state index in [0.717, 1.165) is 18.5 Å². The van der Waals surface area contributed by atoms with Gasteiger partial charge in [0.25, 0.3) is 0 Å². The van der Waals surface area contributed by atoms with E-state index in [1.807, 2.05) is 27.1 Å². The number of aromatic hydroxyl groups is 1. The summed E-state index contributed by atoms with van der Waals surface area (Å²) in [5.41, 5.74) is 1.04. The zero-order valence-electron chi connectivity index (χ0n) is 12.1. The van der Waals surface area contributed by atoms with Gasteiger partial charge >= 0.3 is 0 Å². The van der Waals surface area contributed by atoms with Gasteiger partial charge in [-0.05, 0) is 46.1 Å². The Labute approximate surface area is 117 Å². The maximum atomic E-state index is 12.1. The first-order chi connectivity index (χ1) is 9.49. The van der Waals surface area contributed by atoms with E-state index >= 15 is 0 Å². The second-order valence-corrected chi connectivity index (χ2v) is 5.19. The standard InChI is InChI=1S/C15H20N2O3/c1-10-5-6-12-11(9-10)13(18)14(19)15(20-12)16-7-4-8-17(2)3/h5-6,9,16,19H,4,7-8H2,1-3H3. The van der Waals surface area contributed by atoms with Crippen molar-refractivity contribution in [1.82, 2.24) is 4.90 Å². The molecule has 2 aromatic rings. The molecule has 0 amide bonds. The van der Waals surface area contributed by atoms with Gasteiger partial charge in [0.2, 0.25) is 17.1 Å². The topological polar surface area (TPSA) is 65.7 Å². The fourth-order valence-electron chi connectivity index (χ4n) is 2.02. The van der Waals surface area contributed by atoms with Gasteiger partial charge in [0.05, 0.1) is 5.39 Å². The van der Waals surface area contributed by atoms with Crippen LogP contribution in [0.3, 0.4) is 0 Å². The van der Waals surface area contributed by atoms with Crippen molar-refractivity contribution in [3.8, 4) is 5.75 Å². The summed E-state index contributed by atoms with van der Waals surface area (Å²) < 4.78 is 5.56. The Morgan fingerprint density at radius 2 is 2.10 bits per heavy atom. The molecule has 0 saturated carbocycles. The molecule has 0 spiro atoms. The lowest BCUT2D eigenvalue weighted by atomic mass is 10.1. The molecule has 0 saturated heterocycles. The molecule has 0 radical (unpaired) electrons. The number of hydrogen-bond acceptors (Lipinski definition) is 5.